The first-order chi connectivity index (χ1) is 10.1. The second-order valence-corrected chi connectivity index (χ2v) is 6.79. The Labute approximate surface area is 130 Å². The van der Waals surface area contributed by atoms with E-state index in [4.69, 9.17) is 0 Å². The molecule has 0 bridgehead atoms. The number of aromatic nitrogens is 3. The zero-order valence-electron chi connectivity index (χ0n) is 12.8. The van der Waals surface area contributed by atoms with Crippen molar-refractivity contribution < 1.29 is 4.79 Å². The lowest BCUT2D eigenvalue weighted by atomic mass is 9.95. The molecule has 1 N–H and O–H groups in total. The molecule has 1 aliphatic rings. The molecule has 1 heterocycles. The van der Waals surface area contributed by atoms with Crippen molar-refractivity contribution in [2.75, 3.05) is 6.54 Å². The number of rotatable bonds is 6. The van der Waals surface area contributed by atoms with Crippen LogP contribution in [0, 0.1) is 6.92 Å². The number of hydrogen-bond donors (Lipinski definition) is 1. The minimum atomic E-state index is -0.184. The highest BCUT2D eigenvalue weighted by Crippen LogP contribution is 2.33. The Balaban J connectivity index is 2.06. The van der Waals surface area contributed by atoms with Gasteiger partial charge in [0.1, 0.15) is 5.82 Å². The molecule has 2 rings (SSSR count). The number of amides is 1. The van der Waals surface area contributed by atoms with Crippen LogP contribution in [0.2, 0.25) is 0 Å². The molecule has 1 fully saturated rings. The SMILES string of the molecule is C=CCNC(=O)C(C)Sc1nnc(C)n1C1CCCCC1. The van der Waals surface area contributed by atoms with Crippen LogP contribution in [0.5, 0.6) is 0 Å². The third-order valence-electron chi connectivity index (χ3n) is 3.85. The first kappa shape index (κ1) is 16.1. The molecule has 21 heavy (non-hydrogen) atoms. The average Bonchev–Trinajstić information content (AvgIpc) is 2.86. The Morgan fingerprint density at radius 1 is 1.48 bits per heavy atom. The molecule has 1 amide bonds. The molecule has 1 aromatic heterocycles. The van der Waals surface area contributed by atoms with Crippen molar-refractivity contribution in [1.29, 1.82) is 0 Å². The van der Waals surface area contributed by atoms with Crippen LogP contribution < -0.4 is 5.32 Å². The van der Waals surface area contributed by atoms with E-state index in [9.17, 15) is 4.79 Å². The number of carbonyl (C=O) groups excluding carboxylic acids is 1. The number of carbonyl (C=O) groups is 1. The molecule has 1 aromatic rings. The molecule has 6 heteroatoms. The normalized spacial score (nSPS) is 17.4. The molecule has 5 nitrogen and oxygen atoms in total. The van der Waals surface area contributed by atoms with Crippen molar-refractivity contribution in [3.8, 4) is 0 Å². The number of thioether (sulfide) groups is 1. The quantitative estimate of drug-likeness (QED) is 0.648. The van der Waals surface area contributed by atoms with Crippen LogP contribution in [0.15, 0.2) is 17.8 Å². The molecule has 116 valence electrons. The highest BCUT2D eigenvalue weighted by molar-refractivity contribution is 8.00. The van der Waals surface area contributed by atoms with Crippen LogP contribution in [-0.2, 0) is 4.79 Å². The first-order valence-electron chi connectivity index (χ1n) is 7.60. The molecule has 1 aliphatic carbocycles. The van der Waals surface area contributed by atoms with E-state index in [0.29, 0.717) is 12.6 Å². The number of nitrogens with zero attached hydrogens (tertiary/aromatic N) is 3. The standard InChI is InChI=1S/C15H24N4OS/c1-4-10-16-14(20)11(2)21-15-18-17-12(3)19(15)13-8-6-5-7-9-13/h4,11,13H,1,5-10H2,2-3H3,(H,16,20). The summed E-state index contributed by atoms with van der Waals surface area (Å²) < 4.78 is 2.22. The van der Waals surface area contributed by atoms with E-state index < -0.39 is 0 Å². The molecular weight excluding hydrogens is 284 g/mol. The molecular formula is C15H24N4OS. The van der Waals surface area contributed by atoms with E-state index in [1.54, 1.807) is 6.08 Å². The highest BCUT2D eigenvalue weighted by Gasteiger charge is 2.24. The van der Waals surface area contributed by atoms with Gasteiger partial charge in [-0.05, 0) is 26.7 Å². The monoisotopic (exact) mass is 308 g/mol. The van der Waals surface area contributed by atoms with Crippen LogP contribution >= 0.6 is 11.8 Å². The maximum Gasteiger partial charge on any atom is 0.233 e. The molecule has 1 atom stereocenters. The molecule has 0 aromatic carbocycles. The molecule has 0 spiro atoms. The summed E-state index contributed by atoms with van der Waals surface area (Å²) in [5.41, 5.74) is 0. The van der Waals surface area contributed by atoms with Gasteiger partial charge in [-0.15, -0.1) is 16.8 Å². The van der Waals surface area contributed by atoms with E-state index >= 15 is 0 Å². The lowest BCUT2D eigenvalue weighted by Crippen LogP contribution is -2.31. The Morgan fingerprint density at radius 2 is 2.19 bits per heavy atom. The largest absolute Gasteiger partial charge is 0.352 e. The highest BCUT2D eigenvalue weighted by atomic mass is 32.2. The summed E-state index contributed by atoms with van der Waals surface area (Å²) in [5, 5.41) is 12.0. The predicted octanol–water partition coefficient (Wildman–Crippen LogP) is 2.87. The zero-order valence-corrected chi connectivity index (χ0v) is 13.7. The van der Waals surface area contributed by atoms with Gasteiger partial charge < -0.3 is 9.88 Å². The van der Waals surface area contributed by atoms with Crippen molar-refractivity contribution in [3.63, 3.8) is 0 Å². The van der Waals surface area contributed by atoms with Crippen LogP contribution in [0.3, 0.4) is 0 Å². The Hall–Kier alpha value is -1.30. The predicted molar refractivity (Wildman–Crippen MR) is 85.4 cm³/mol. The molecule has 0 aliphatic heterocycles. The van der Waals surface area contributed by atoms with Gasteiger partial charge >= 0.3 is 0 Å². The van der Waals surface area contributed by atoms with Gasteiger partial charge in [-0.1, -0.05) is 37.1 Å². The van der Waals surface area contributed by atoms with Gasteiger partial charge in [0.05, 0.1) is 5.25 Å². The third kappa shape index (κ3) is 4.09. The van der Waals surface area contributed by atoms with Gasteiger partial charge in [0.2, 0.25) is 5.91 Å². The van der Waals surface area contributed by atoms with Gasteiger partial charge in [0.15, 0.2) is 5.16 Å². The van der Waals surface area contributed by atoms with Crippen molar-refractivity contribution in [2.45, 2.75) is 62.4 Å². The van der Waals surface area contributed by atoms with Gasteiger partial charge in [0, 0.05) is 12.6 Å². The lowest BCUT2D eigenvalue weighted by Gasteiger charge is -2.25. The topological polar surface area (TPSA) is 59.8 Å². The maximum atomic E-state index is 12.0. The summed E-state index contributed by atoms with van der Waals surface area (Å²) in [6, 6.07) is 0.486. The van der Waals surface area contributed by atoms with Crippen molar-refractivity contribution in [2.24, 2.45) is 0 Å². The van der Waals surface area contributed by atoms with Gasteiger partial charge in [-0.25, -0.2) is 0 Å². The molecule has 1 unspecified atom stereocenters. The van der Waals surface area contributed by atoms with E-state index in [0.717, 1.165) is 11.0 Å². The van der Waals surface area contributed by atoms with Crippen LogP contribution in [-0.4, -0.2) is 32.5 Å². The fraction of sp³-hybridized carbons (Fsp3) is 0.667. The Morgan fingerprint density at radius 3 is 2.86 bits per heavy atom. The lowest BCUT2D eigenvalue weighted by molar-refractivity contribution is -0.120. The minimum Gasteiger partial charge on any atom is -0.352 e. The molecule has 1 saturated carbocycles. The van der Waals surface area contributed by atoms with Crippen LogP contribution in [0.25, 0.3) is 0 Å². The fourth-order valence-electron chi connectivity index (χ4n) is 2.72. The molecule has 0 saturated heterocycles. The Bertz CT molecular complexity index is 494. The summed E-state index contributed by atoms with van der Waals surface area (Å²) in [5.74, 6) is 0.957. The van der Waals surface area contributed by atoms with E-state index in [2.05, 4.69) is 26.7 Å². The van der Waals surface area contributed by atoms with E-state index in [1.165, 1.54) is 43.9 Å². The summed E-state index contributed by atoms with van der Waals surface area (Å²) in [6.45, 7) is 8.00. The van der Waals surface area contributed by atoms with E-state index in [1.807, 2.05) is 13.8 Å². The summed E-state index contributed by atoms with van der Waals surface area (Å²) >= 11 is 1.49. The van der Waals surface area contributed by atoms with Gasteiger partial charge in [-0.3, -0.25) is 4.79 Å². The second-order valence-electron chi connectivity index (χ2n) is 5.49. The number of aryl methyl sites for hydroxylation is 1. The maximum absolute atomic E-state index is 12.0. The first-order valence-corrected chi connectivity index (χ1v) is 8.48. The van der Waals surface area contributed by atoms with Crippen molar-refractivity contribution >= 4 is 17.7 Å². The van der Waals surface area contributed by atoms with E-state index in [-0.39, 0.29) is 11.2 Å². The molecule has 0 radical (unpaired) electrons. The Kier molecular flexibility index (Phi) is 5.85. The van der Waals surface area contributed by atoms with Crippen LogP contribution in [0.4, 0.5) is 0 Å². The smallest absolute Gasteiger partial charge is 0.233 e. The van der Waals surface area contributed by atoms with Crippen LogP contribution in [0.1, 0.15) is 50.9 Å². The fourth-order valence-corrected chi connectivity index (χ4v) is 3.71. The van der Waals surface area contributed by atoms with Gasteiger partial charge in [-0.2, -0.15) is 0 Å². The van der Waals surface area contributed by atoms with Gasteiger partial charge in [0.25, 0.3) is 0 Å². The number of nitrogens with one attached hydrogen (secondary N) is 1. The third-order valence-corrected chi connectivity index (χ3v) is 4.90. The second kappa shape index (κ2) is 7.64. The van der Waals surface area contributed by atoms with Crippen molar-refractivity contribution in [3.05, 3.63) is 18.5 Å². The summed E-state index contributed by atoms with van der Waals surface area (Å²) in [7, 11) is 0. The minimum absolute atomic E-state index is 0.00995. The van der Waals surface area contributed by atoms with Crippen molar-refractivity contribution in [1.82, 2.24) is 20.1 Å². The zero-order chi connectivity index (χ0) is 15.2. The summed E-state index contributed by atoms with van der Waals surface area (Å²) in [4.78, 5) is 12.0. The average molecular weight is 308 g/mol. The number of hydrogen-bond acceptors (Lipinski definition) is 4. The summed E-state index contributed by atoms with van der Waals surface area (Å²) in [6.07, 6.45) is 7.90.